The Kier molecular flexibility index (Phi) is 4.07. The minimum atomic E-state index is -0.0405. The average molecular weight is 340 g/mol. The second kappa shape index (κ2) is 6.13. The quantitative estimate of drug-likeness (QED) is 0.910. The summed E-state index contributed by atoms with van der Waals surface area (Å²) in [6.45, 7) is 11.9. The third-order valence-electron chi connectivity index (χ3n) is 5.94. The molecule has 4 rings (SSSR count). The van der Waals surface area contributed by atoms with Gasteiger partial charge in [0.15, 0.2) is 5.69 Å². The smallest absolute Gasteiger partial charge is 0.272 e. The van der Waals surface area contributed by atoms with Crippen LogP contribution >= 0.6 is 0 Å². The van der Waals surface area contributed by atoms with Gasteiger partial charge in [0.2, 0.25) is 0 Å². The molecule has 1 saturated heterocycles. The van der Waals surface area contributed by atoms with E-state index >= 15 is 0 Å². The van der Waals surface area contributed by atoms with Gasteiger partial charge in [0.1, 0.15) is 5.82 Å². The first-order valence-electron chi connectivity index (χ1n) is 9.46. The summed E-state index contributed by atoms with van der Waals surface area (Å²) in [5, 5.41) is 3.14. The summed E-state index contributed by atoms with van der Waals surface area (Å²) in [6, 6.07) is 6.55. The van der Waals surface area contributed by atoms with Crippen molar-refractivity contribution < 1.29 is 4.79 Å². The van der Waals surface area contributed by atoms with Gasteiger partial charge < -0.3 is 14.6 Å². The molecule has 2 aliphatic rings. The summed E-state index contributed by atoms with van der Waals surface area (Å²) >= 11 is 0. The first-order valence-corrected chi connectivity index (χ1v) is 9.46. The average Bonchev–Trinajstić information content (AvgIpc) is 2.96. The number of nitrogens with zero attached hydrogens (tertiary/aromatic N) is 3. The normalized spacial score (nSPS) is 25.8. The van der Waals surface area contributed by atoms with Gasteiger partial charge in [-0.3, -0.25) is 4.79 Å². The zero-order valence-electron chi connectivity index (χ0n) is 15.6. The van der Waals surface area contributed by atoms with Crippen LogP contribution < -0.4 is 5.32 Å². The van der Waals surface area contributed by atoms with Crippen LogP contribution in [-0.4, -0.2) is 45.9 Å². The van der Waals surface area contributed by atoms with Gasteiger partial charge in [-0.25, -0.2) is 4.98 Å². The van der Waals surface area contributed by atoms with Gasteiger partial charge in [0.25, 0.3) is 5.91 Å². The number of nitrogens with one attached hydrogen (secondary N) is 1. The van der Waals surface area contributed by atoms with Crippen LogP contribution in [0.15, 0.2) is 24.4 Å². The van der Waals surface area contributed by atoms with Gasteiger partial charge in [-0.1, -0.05) is 19.9 Å². The Bertz CT molecular complexity index is 782. The van der Waals surface area contributed by atoms with E-state index in [0.29, 0.717) is 17.7 Å². The van der Waals surface area contributed by atoms with Crippen molar-refractivity contribution in [1.82, 2.24) is 19.6 Å². The van der Waals surface area contributed by atoms with E-state index in [2.05, 4.69) is 42.9 Å². The number of piperidine rings is 1. The Morgan fingerprint density at radius 1 is 1.24 bits per heavy atom. The zero-order valence-corrected chi connectivity index (χ0v) is 15.6. The van der Waals surface area contributed by atoms with Gasteiger partial charge in [-0.2, -0.15) is 0 Å². The molecular formula is C20H28N4O. The number of hydrogen-bond acceptors (Lipinski definition) is 3. The largest absolute Gasteiger partial charge is 0.350 e. The Balaban J connectivity index is 1.42. The Labute approximate surface area is 149 Å². The van der Waals surface area contributed by atoms with E-state index in [0.717, 1.165) is 29.7 Å². The van der Waals surface area contributed by atoms with Crippen LogP contribution in [0.25, 0.3) is 5.52 Å². The second-order valence-corrected chi connectivity index (χ2v) is 8.18. The minimum absolute atomic E-state index is 0.0405. The number of fused-ring (bicyclic) bond motifs is 2. The summed E-state index contributed by atoms with van der Waals surface area (Å²) in [5.41, 5.74) is 1.45. The van der Waals surface area contributed by atoms with Gasteiger partial charge >= 0.3 is 0 Å². The maximum atomic E-state index is 12.7. The molecule has 3 atom stereocenters. The molecule has 1 aliphatic heterocycles. The van der Waals surface area contributed by atoms with Crippen LogP contribution in [0.4, 0.5) is 0 Å². The van der Waals surface area contributed by atoms with E-state index in [-0.39, 0.29) is 11.8 Å². The molecule has 5 nitrogen and oxygen atoms in total. The number of carbonyl (C=O) groups excluding carboxylic acids is 1. The molecule has 0 radical (unpaired) electrons. The molecule has 1 N–H and O–H groups in total. The fourth-order valence-corrected chi connectivity index (χ4v) is 4.34. The fourth-order valence-electron chi connectivity index (χ4n) is 4.34. The third-order valence-corrected chi connectivity index (χ3v) is 5.94. The van der Waals surface area contributed by atoms with Crippen molar-refractivity contribution in [3.63, 3.8) is 0 Å². The van der Waals surface area contributed by atoms with Gasteiger partial charge in [-0.05, 0) is 43.7 Å². The van der Waals surface area contributed by atoms with E-state index < -0.39 is 0 Å². The zero-order chi connectivity index (χ0) is 17.7. The number of rotatable bonds is 5. The molecule has 0 aromatic carbocycles. The van der Waals surface area contributed by atoms with Crippen molar-refractivity contribution in [2.75, 3.05) is 19.6 Å². The molecule has 1 saturated carbocycles. The number of likely N-dealkylation sites (tertiary alicyclic amines) is 1. The second-order valence-electron chi connectivity index (χ2n) is 8.18. The lowest BCUT2D eigenvalue weighted by Gasteiger charge is -2.23. The number of aromatic nitrogens is 2. The maximum Gasteiger partial charge on any atom is 0.272 e. The van der Waals surface area contributed by atoms with E-state index in [4.69, 9.17) is 0 Å². The van der Waals surface area contributed by atoms with Crippen molar-refractivity contribution >= 4 is 11.4 Å². The molecule has 5 heteroatoms. The predicted octanol–water partition coefficient (Wildman–Crippen LogP) is 2.77. The SMILES string of the molecule is CC(C)c1nc(C(=O)NCC2[C@H]3CN(C(C)C)C[C@@H]23)c2ccccn12. The van der Waals surface area contributed by atoms with Crippen LogP contribution in [0.1, 0.15) is 49.9 Å². The molecule has 134 valence electrons. The van der Waals surface area contributed by atoms with Crippen molar-refractivity contribution in [3.05, 3.63) is 35.9 Å². The van der Waals surface area contributed by atoms with Crippen LogP contribution in [-0.2, 0) is 0 Å². The molecule has 0 bridgehead atoms. The number of amides is 1. The molecule has 2 fully saturated rings. The summed E-state index contributed by atoms with van der Waals surface area (Å²) < 4.78 is 2.03. The van der Waals surface area contributed by atoms with Crippen LogP contribution in [0.2, 0.25) is 0 Å². The van der Waals surface area contributed by atoms with Crippen molar-refractivity contribution in [2.24, 2.45) is 17.8 Å². The van der Waals surface area contributed by atoms with E-state index in [9.17, 15) is 4.79 Å². The highest BCUT2D eigenvalue weighted by molar-refractivity contribution is 5.99. The molecule has 2 aromatic heterocycles. The summed E-state index contributed by atoms with van der Waals surface area (Å²) in [4.78, 5) is 19.9. The topological polar surface area (TPSA) is 49.6 Å². The van der Waals surface area contributed by atoms with E-state index in [1.807, 2.05) is 28.8 Å². The highest BCUT2D eigenvalue weighted by Gasteiger charge is 2.55. The number of carbonyl (C=O) groups is 1. The lowest BCUT2D eigenvalue weighted by molar-refractivity contribution is 0.0945. The van der Waals surface area contributed by atoms with Crippen LogP contribution in [0, 0.1) is 17.8 Å². The maximum absolute atomic E-state index is 12.7. The molecule has 3 heterocycles. The summed E-state index contributed by atoms with van der Waals surface area (Å²) in [5.74, 6) is 3.37. The van der Waals surface area contributed by atoms with Crippen LogP contribution in [0.5, 0.6) is 0 Å². The number of imidazole rings is 1. The Morgan fingerprint density at radius 2 is 1.96 bits per heavy atom. The van der Waals surface area contributed by atoms with Crippen LogP contribution in [0.3, 0.4) is 0 Å². The number of hydrogen-bond donors (Lipinski definition) is 1. The number of pyridine rings is 1. The Morgan fingerprint density at radius 3 is 2.60 bits per heavy atom. The van der Waals surface area contributed by atoms with Crippen molar-refractivity contribution in [2.45, 2.75) is 39.7 Å². The van der Waals surface area contributed by atoms with Gasteiger partial charge in [-0.15, -0.1) is 0 Å². The molecule has 0 spiro atoms. The van der Waals surface area contributed by atoms with Crippen molar-refractivity contribution in [3.8, 4) is 0 Å². The highest BCUT2D eigenvalue weighted by Crippen LogP contribution is 2.51. The molecule has 1 unspecified atom stereocenters. The lowest BCUT2D eigenvalue weighted by Crippen LogP contribution is -2.34. The van der Waals surface area contributed by atoms with Gasteiger partial charge in [0.05, 0.1) is 5.52 Å². The molecule has 1 aliphatic carbocycles. The summed E-state index contributed by atoms with van der Waals surface area (Å²) in [6.07, 6.45) is 1.99. The van der Waals surface area contributed by atoms with E-state index in [1.54, 1.807) is 0 Å². The molecule has 25 heavy (non-hydrogen) atoms. The minimum Gasteiger partial charge on any atom is -0.350 e. The first-order chi connectivity index (χ1) is 12.0. The molecular weight excluding hydrogens is 312 g/mol. The third kappa shape index (κ3) is 2.84. The first kappa shape index (κ1) is 16.6. The monoisotopic (exact) mass is 340 g/mol. The highest BCUT2D eigenvalue weighted by atomic mass is 16.1. The fraction of sp³-hybridized carbons (Fsp3) is 0.600. The lowest BCUT2D eigenvalue weighted by atomic mass is 10.2. The Hall–Kier alpha value is -1.88. The summed E-state index contributed by atoms with van der Waals surface area (Å²) in [7, 11) is 0. The molecule has 2 aromatic rings. The molecule has 1 amide bonds. The van der Waals surface area contributed by atoms with Crippen molar-refractivity contribution in [1.29, 1.82) is 0 Å². The van der Waals surface area contributed by atoms with E-state index in [1.165, 1.54) is 13.1 Å². The predicted molar refractivity (Wildman–Crippen MR) is 98.8 cm³/mol. The van der Waals surface area contributed by atoms with Gasteiger partial charge in [0, 0.05) is 37.8 Å². The standard InChI is InChI=1S/C20H28N4O/c1-12(2)19-22-18(17-7-5-6-8-24(17)19)20(25)21-9-14-15-10-23(13(3)4)11-16(14)15/h5-8,12-16H,9-11H2,1-4H3,(H,21,25)/t14?,15-,16+.